The molecule has 0 atom stereocenters. The molecule has 1 aliphatic rings. The molecule has 1 aliphatic carbocycles. The SMILES string of the molecule is O=C(O)C1CCCC1.O=C(O)CF. The van der Waals surface area contributed by atoms with E-state index in [-0.39, 0.29) is 5.92 Å². The molecule has 1 saturated carbocycles. The highest BCUT2D eigenvalue weighted by Gasteiger charge is 2.20. The van der Waals surface area contributed by atoms with Gasteiger partial charge in [0.1, 0.15) is 0 Å². The maximum Gasteiger partial charge on any atom is 0.335 e. The summed E-state index contributed by atoms with van der Waals surface area (Å²) in [6, 6.07) is 0. The number of hydrogen-bond donors (Lipinski definition) is 2. The molecule has 1 rings (SSSR count). The van der Waals surface area contributed by atoms with Gasteiger partial charge in [0.15, 0.2) is 6.67 Å². The standard InChI is InChI=1S/C6H10O2.C2H3FO2/c7-6(8)5-3-1-2-4-5;3-1-2(4)5/h5H,1-4H2,(H,7,8);1H2,(H,4,5). The van der Waals surface area contributed by atoms with E-state index in [1.807, 2.05) is 0 Å². The molecule has 1 fully saturated rings. The smallest absolute Gasteiger partial charge is 0.335 e. The van der Waals surface area contributed by atoms with Crippen LogP contribution in [-0.2, 0) is 9.59 Å². The van der Waals surface area contributed by atoms with E-state index >= 15 is 0 Å². The van der Waals surface area contributed by atoms with Crippen LogP contribution in [0.15, 0.2) is 0 Å². The Kier molecular flexibility index (Phi) is 5.84. The molecule has 4 nitrogen and oxygen atoms in total. The minimum atomic E-state index is -1.41. The monoisotopic (exact) mass is 192 g/mol. The molecule has 0 aliphatic heterocycles. The van der Waals surface area contributed by atoms with Crippen LogP contribution in [0.1, 0.15) is 25.7 Å². The fourth-order valence-corrected chi connectivity index (χ4v) is 1.17. The lowest BCUT2D eigenvalue weighted by Gasteiger charge is -1.97. The maximum absolute atomic E-state index is 10.5. The Labute approximate surface area is 75.4 Å². The zero-order valence-electron chi connectivity index (χ0n) is 7.20. The van der Waals surface area contributed by atoms with Gasteiger partial charge in [-0.15, -0.1) is 0 Å². The zero-order valence-corrected chi connectivity index (χ0v) is 7.20. The molecular weight excluding hydrogens is 179 g/mol. The Morgan fingerprint density at radius 1 is 1.23 bits per heavy atom. The van der Waals surface area contributed by atoms with Crippen molar-refractivity contribution < 1.29 is 24.2 Å². The average Bonchev–Trinajstić information content (AvgIpc) is 2.57. The normalized spacial score (nSPS) is 16.1. The Morgan fingerprint density at radius 3 is 1.77 bits per heavy atom. The van der Waals surface area contributed by atoms with E-state index in [2.05, 4.69) is 0 Å². The number of hydrogen-bond acceptors (Lipinski definition) is 2. The second-order valence-corrected chi connectivity index (χ2v) is 2.85. The number of rotatable bonds is 2. The summed E-state index contributed by atoms with van der Waals surface area (Å²) in [6.45, 7) is -1.28. The van der Waals surface area contributed by atoms with Crippen molar-refractivity contribution in [2.24, 2.45) is 5.92 Å². The van der Waals surface area contributed by atoms with Gasteiger partial charge in [-0.3, -0.25) is 4.79 Å². The largest absolute Gasteiger partial charge is 0.481 e. The zero-order chi connectivity index (χ0) is 10.3. The van der Waals surface area contributed by atoms with Crippen molar-refractivity contribution in [1.29, 1.82) is 0 Å². The van der Waals surface area contributed by atoms with E-state index in [1.165, 1.54) is 0 Å². The van der Waals surface area contributed by atoms with Gasteiger partial charge in [-0.1, -0.05) is 12.8 Å². The molecule has 0 aromatic rings. The lowest BCUT2D eigenvalue weighted by atomic mass is 10.1. The molecule has 76 valence electrons. The Morgan fingerprint density at radius 2 is 1.62 bits per heavy atom. The molecule has 2 N–H and O–H groups in total. The second kappa shape index (κ2) is 6.39. The molecule has 0 amide bonds. The quantitative estimate of drug-likeness (QED) is 0.691. The summed E-state index contributed by atoms with van der Waals surface area (Å²) in [5.41, 5.74) is 0. The van der Waals surface area contributed by atoms with Crippen LogP contribution in [0.5, 0.6) is 0 Å². The summed E-state index contributed by atoms with van der Waals surface area (Å²) in [7, 11) is 0. The topological polar surface area (TPSA) is 74.6 Å². The predicted octanol–water partition coefficient (Wildman–Crippen LogP) is 1.30. The van der Waals surface area contributed by atoms with E-state index in [4.69, 9.17) is 15.0 Å². The summed E-state index contributed by atoms with van der Waals surface area (Å²) in [4.78, 5) is 19.2. The number of alkyl halides is 1. The first-order valence-electron chi connectivity index (χ1n) is 4.08. The van der Waals surface area contributed by atoms with Gasteiger partial charge in [-0.05, 0) is 12.8 Å². The summed E-state index contributed by atoms with van der Waals surface area (Å²) in [6.07, 6.45) is 4.01. The number of carboxylic acids is 2. The van der Waals surface area contributed by atoms with Crippen molar-refractivity contribution in [2.45, 2.75) is 25.7 Å². The Bertz CT molecular complexity index is 175. The third-order valence-corrected chi connectivity index (χ3v) is 1.82. The minimum Gasteiger partial charge on any atom is -0.481 e. The van der Waals surface area contributed by atoms with Crippen LogP contribution >= 0.6 is 0 Å². The van der Waals surface area contributed by atoms with Gasteiger partial charge < -0.3 is 10.2 Å². The van der Waals surface area contributed by atoms with Gasteiger partial charge in [0.25, 0.3) is 0 Å². The Balaban J connectivity index is 0.000000252. The van der Waals surface area contributed by atoms with Crippen molar-refractivity contribution in [1.82, 2.24) is 0 Å². The van der Waals surface area contributed by atoms with Gasteiger partial charge in [0, 0.05) is 0 Å². The number of aliphatic carboxylic acids is 2. The fraction of sp³-hybridized carbons (Fsp3) is 0.750. The molecule has 0 unspecified atom stereocenters. The van der Waals surface area contributed by atoms with Crippen molar-refractivity contribution in [3.05, 3.63) is 0 Å². The average molecular weight is 192 g/mol. The molecule has 0 radical (unpaired) electrons. The number of carbonyl (C=O) groups is 2. The van der Waals surface area contributed by atoms with E-state index in [0.29, 0.717) is 0 Å². The van der Waals surface area contributed by atoms with Crippen LogP contribution in [0, 0.1) is 5.92 Å². The molecule has 0 aromatic carbocycles. The molecule has 0 spiro atoms. The highest BCUT2D eigenvalue weighted by Crippen LogP contribution is 2.24. The van der Waals surface area contributed by atoms with E-state index in [0.717, 1.165) is 25.7 Å². The number of halogens is 1. The molecular formula is C8H13FO4. The summed E-state index contributed by atoms with van der Waals surface area (Å²) >= 11 is 0. The maximum atomic E-state index is 10.5. The third-order valence-electron chi connectivity index (χ3n) is 1.82. The van der Waals surface area contributed by atoms with Gasteiger partial charge in [0.05, 0.1) is 5.92 Å². The lowest BCUT2D eigenvalue weighted by Crippen LogP contribution is -2.07. The highest BCUT2D eigenvalue weighted by atomic mass is 19.1. The summed E-state index contributed by atoms with van der Waals surface area (Å²) in [5, 5.41) is 15.8. The van der Waals surface area contributed by atoms with Crippen LogP contribution in [0.4, 0.5) is 4.39 Å². The number of carboxylic acid groups (broad SMARTS) is 2. The van der Waals surface area contributed by atoms with E-state index < -0.39 is 18.6 Å². The molecule has 0 saturated heterocycles. The first-order chi connectivity index (χ1) is 6.07. The molecule has 0 heterocycles. The molecule has 13 heavy (non-hydrogen) atoms. The van der Waals surface area contributed by atoms with Gasteiger partial charge in [0.2, 0.25) is 0 Å². The van der Waals surface area contributed by atoms with Crippen molar-refractivity contribution in [3.8, 4) is 0 Å². The van der Waals surface area contributed by atoms with Crippen molar-refractivity contribution in [2.75, 3.05) is 6.67 Å². The summed E-state index contributed by atoms with van der Waals surface area (Å²) < 4.78 is 10.5. The third kappa shape index (κ3) is 6.07. The minimum absolute atomic E-state index is 0.0185. The Hall–Kier alpha value is -1.13. The van der Waals surface area contributed by atoms with Crippen LogP contribution in [0.25, 0.3) is 0 Å². The predicted molar refractivity (Wildman–Crippen MR) is 43.2 cm³/mol. The van der Waals surface area contributed by atoms with Crippen LogP contribution in [0.2, 0.25) is 0 Å². The van der Waals surface area contributed by atoms with E-state index in [1.54, 1.807) is 0 Å². The molecule has 0 aromatic heterocycles. The fourth-order valence-electron chi connectivity index (χ4n) is 1.17. The van der Waals surface area contributed by atoms with Crippen LogP contribution in [0.3, 0.4) is 0 Å². The van der Waals surface area contributed by atoms with Crippen molar-refractivity contribution >= 4 is 11.9 Å². The second-order valence-electron chi connectivity index (χ2n) is 2.85. The van der Waals surface area contributed by atoms with E-state index in [9.17, 15) is 9.18 Å². The van der Waals surface area contributed by atoms with Crippen molar-refractivity contribution in [3.63, 3.8) is 0 Å². The first kappa shape index (κ1) is 11.9. The summed E-state index contributed by atoms with van der Waals surface area (Å²) in [5.74, 6) is -2.04. The highest BCUT2D eigenvalue weighted by molar-refractivity contribution is 5.70. The van der Waals surface area contributed by atoms with Crippen LogP contribution < -0.4 is 0 Å². The van der Waals surface area contributed by atoms with Crippen LogP contribution in [-0.4, -0.2) is 28.8 Å². The van der Waals surface area contributed by atoms with Gasteiger partial charge >= 0.3 is 11.9 Å². The molecule has 5 heteroatoms. The lowest BCUT2D eigenvalue weighted by molar-refractivity contribution is -0.141. The van der Waals surface area contributed by atoms with Gasteiger partial charge in [-0.2, -0.15) is 0 Å². The first-order valence-corrected chi connectivity index (χ1v) is 4.08. The van der Waals surface area contributed by atoms with Gasteiger partial charge in [-0.25, -0.2) is 9.18 Å². The molecule has 0 bridgehead atoms.